The van der Waals surface area contributed by atoms with Gasteiger partial charge in [0.1, 0.15) is 11.3 Å². The summed E-state index contributed by atoms with van der Waals surface area (Å²) in [5.74, 6) is -0.265. The molecule has 24 heavy (non-hydrogen) atoms. The molecule has 0 fully saturated rings. The van der Waals surface area contributed by atoms with Crippen LogP contribution < -0.4 is 10.1 Å². The fourth-order valence-corrected chi connectivity index (χ4v) is 2.25. The van der Waals surface area contributed by atoms with Crippen molar-refractivity contribution in [2.75, 3.05) is 18.5 Å². The molecular weight excluding hydrogens is 308 g/mol. The highest BCUT2D eigenvalue weighted by Crippen LogP contribution is 2.18. The number of unbranched alkanes of at least 4 members (excludes halogenated alkanes) is 1. The minimum Gasteiger partial charge on any atom is -0.494 e. The molecule has 0 radical (unpaired) electrons. The topological polar surface area (TPSA) is 84.6 Å². The summed E-state index contributed by atoms with van der Waals surface area (Å²) >= 11 is 0. The number of rotatable bonds is 8. The molecule has 0 aliphatic carbocycles. The first-order valence-corrected chi connectivity index (χ1v) is 7.78. The van der Waals surface area contributed by atoms with E-state index in [0.29, 0.717) is 18.4 Å². The van der Waals surface area contributed by atoms with Gasteiger partial charge in [-0.1, -0.05) is 12.1 Å². The highest BCUT2D eigenvalue weighted by Gasteiger charge is 2.04. The molecule has 0 aliphatic heterocycles. The lowest BCUT2D eigenvalue weighted by molar-refractivity contribution is 0.0697. The zero-order chi connectivity index (χ0) is 16.8. The van der Waals surface area contributed by atoms with E-state index in [0.717, 1.165) is 30.5 Å². The van der Waals surface area contributed by atoms with E-state index in [4.69, 9.17) is 14.3 Å². The van der Waals surface area contributed by atoms with Gasteiger partial charge >= 0.3 is 5.97 Å². The van der Waals surface area contributed by atoms with E-state index in [2.05, 4.69) is 10.3 Å². The molecule has 0 unspecified atom stereocenters. The van der Waals surface area contributed by atoms with Crippen molar-refractivity contribution < 1.29 is 19.1 Å². The number of carboxylic acid groups (broad SMARTS) is 1. The van der Waals surface area contributed by atoms with Crippen LogP contribution in [0.25, 0.3) is 11.1 Å². The Kier molecular flexibility index (Phi) is 4.96. The van der Waals surface area contributed by atoms with E-state index in [1.807, 2.05) is 24.3 Å². The molecular formula is C18H18N2O4. The van der Waals surface area contributed by atoms with Crippen LogP contribution in [0.3, 0.4) is 0 Å². The first-order valence-electron chi connectivity index (χ1n) is 7.78. The van der Waals surface area contributed by atoms with Gasteiger partial charge in [0.15, 0.2) is 5.58 Å². The predicted octanol–water partition coefficient (Wildman–Crippen LogP) is 3.80. The fourth-order valence-electron chi connectivity index (χ4n) is 2.25. The molecule has 3 rings (SSSR count). The molecule has 0 atom stereocenters. The largest absolute Gasteiger partial charge is 0.494 e. The van der Waals surface area contributed by atoms with E-state index in [1.54, 1.807) is 12.1 Å². The van der Waals surface area contributed by atoms with Gasteiger partial charge in [-0.3, -0.25) is 0 Å². The molecule has 6 nitrogen and oxygen atoms in total. The van der Waals surface area contributed by atoms with Crippen LogP contribution >= 0.6 is 0 Å². The molecule has 0 saturated heterocycles. The van der Waals surface area contributed by atoms with Crippen molar-refractivity contribution in [2.24, 2.45) is 0 Å². The average molecular weight is 326 g/mol. The molecule has 6 heteroatoms. The SMILES string of the molecule is O=C(O)c1ccc(OCCCCNc2nc3ccccc3o2)cc1. The van der Waals surface area contributed by atoms with Gasteiger partial charge in [0.25, 0.3) is 6.01 Å². The predicted molar refractivity (Wildman–Crippen MR) is 90.6 cm³/mol. The normalized spacial score (nSPS) is 10.7. The van der Waals surface area contributed by atoms with Crippen molar-refractivity contribution >= 4 is 23.1 Å². The highest BCUT2D eigenvalue weighted by atomic mass is 16.5. The Morgan fingerprint density at radius 3 is 2.67 bits per heavy atom. The Morgan fingerprint density at radius 2 is 1.92 bits per heavy atom. The van der Waals surface area contributed by atoms with Gasteiger partial charge < -0.3 is 19.6 Å². The average Bonchev–Trinajstić information content (AvgIpc) is 3.01. The Bertz CT molecular complexity index is 778. The van der Waals surface area contributed by atoms with Gasteiger partial charge in [0.2, 0.25) is 0 Å². The van der Waals surface area contributed by atoms with Crippen molar-refractivity contribution in [2.45, 2.75) is 12.8 Å². The number of para-hydroxylation sites is 2. The second-order valence-corrected chi connectivity index (χ2v) is 5.30. The molecule has 0 spiro atoms. The van der Waals surface area contributed by atoms with Gasteiger partial charge in [0, 0.05) is 6.54 Å². The molecule has 1 heterocycles. The van der Waals surface area contributed by atoms with E-state index >= 15 is 0 Å². The molecule has 2 aromatic carbocycles. The zero-order valence-electron chi connectivity index (χ0n) is 13.1. The van der Waals surface area contributed by atoms with Crippen LogP contribution in [0.2, 0.25) is 0 Å². The van der Waals surface area contributed by atoms with Gasteiger partial charge in [-0.15, -0.1) is 0 Å². The minimum absolute atomic E-state index is 0.255. The molecule has 0 saturated carbocycles. The number of carbonyl (C=O) groups is 1. The third-order valence-electron chi connectivity index (χ3n) is 3.51. The summed E-state index contributed by atoms with van der Waals surface area (Å²) in [4.78, 5) is 15.1. The zero-order valence-corrected chi connectivity index (χ0v) is 13.1. The van der Waals surface area contributed by atoms with Crippen LogP contribution in [-0.4, -0.2) is 29.2 Å². The molecule has 3 aromatic rings. The Labute approximate surface area is 139 Å². The van der Waals surface area contributed by atoms with Crippen molar-refractivity contribution in [3.05, 3.63) is 54.1 Å². The number of nitrogens with zero attached hydrogens (tertiary/aromatic N) is 1. The van der Waals surface area contributed by atoms with Crippen molar-refractivity contribution in [1.29, 1.82) is 0 Å². The van der Waals surface area contributed by atoms with Gasteiger partial charge in [-0.05, 0) is 49.2 Å². The van der Waals surface area contributed by atoms with Crippen LogP contribution in [0.5, 0.6) is 5.75 Å². The second kappa shape index (κ2) is 7.50. The van der Waals surface area contributed by atoms with Gasteiger partial charge in [-0.2, -0.15) is 4.98 Å². The lowest BCUT2D eigenvalue weighted by Crippen LogP contribution is -2.05. The third kappa shape index (κ3) is 4.04. The summed E-state index contributed by atoms with van der Waals surface area (Å²) in [6.45, 7) is 1.32. The summed E-state index contributed by atoms with van der Waals surface area (Å²) in [6, 6.07) is 14.6. The van der Waals surface area contributed by atoms with Crippen LogP contribution in [0.1, 0.15) is 23.2 Å². The molecule has 124 valence electrons. The summed E-state index contributed by atoms with van der Waals surface area (Å²) in [5, 5.41) is 12.0. The van der Waals surface area contributed by atoms with E-state index in [1.165, 1.54) is 12.1 Å². The Hall–Kier alpha value is -3.02. The number of ether oxygens (including phenoxy) is 1. The molecule has 0 aliphatic rings. The van der Waals surface area contributed by atoms with Crippen molar-refractivity contribution in [3.8, 4) is 5.75 Å². The van der Waals surface area contributed by atoms with E-state index in [-0.39, 0.29) is 5.56 Å². The molecule has 1 aromatic heterocycles. The van der Waals surface area contributed by atoms with Crippen LogP contribution in [0, 0.1) is 0 Å². The number of anilines is 1. The highest BCUT2D eigenvalue weighted by molar-refractivity contribution is 5.87. The van der Waals surface area contributed by atoms with Crippen molar-refractivity contribution in [3.63, 3.8) is 0 Å². The number of hydrogen-bond donors (Lipinski definition) is 2. The maximum absolute atomic E-state index is 10.8. The number of aromatic nitrogens is 1. The number of fused-ring (bicyclic) bond motifs is 1. The standard InChI is InChI=1S/C18H18N2O4/c21-17(22)13-7-9-14(10-8-13)23-12-4-3-11-19-18-20-15-5-1-2-6-16(15)24-18/h1-2,5-10H,3-4,11-12H2,(H,19,20)(H,21,22). The molecule has 0 bridgehead atoms. The Morgan fingerprint density at radius 1 is 1.12 bits per heavy atom. The maximum Gasteiger partial charge on any atom is 0.335 e. The second-order valence-electron chi connectivity index (χ2n) is 5.30. The van der Waals surface area contributed by atoms with Crippen LogP contribution in [-0.2, 0) is 0 Å². The number of carboxylic acids is 1. The number of benzene rings is 2. The number of aromatic carboxylic acids is 1. The third-order valence-corrected chi connectivity index (χ3v) is 3.51. The summed E-state index contributed by atoms with van der Waals surface area (Å²) in [5.41, 5.74) is 1.87. The van der Waals surface area contributed by atoms with Crippen LogP contribution in [0.15, 0.2) is 52.9 Å². The van der Waals surface area contributed by atoms with Gasteiger partial charge in [0.05, 0.1) is 12.2 Å². The smallest absolute Gasteiger partial charge is 0.335 e. The first-order chi connectivity index (χ1) is 11.7. The summed E-state index contributed by atoms with van der Waals surface area (Å²) in [6.07, 6.45) is 1.78. The van der Waals surface area contributed by atoms with E-state index < -0.39 is 5.97 Å². The minimum atomic E-state index is -0.938. The van der Waals surface area contributed by atoms with Crippen LogP contribution in [0.4, 0.5) is 6.01 Å². The monoisotopic (exact) mass is 326 g/mol. The number of hydrogen-bond acceptors (Lipinski definition) is 5. The lowest BCUT2D eigenvalue weighted by Gasteiger charge is -2.06. The van der Waals surface area contributed by atoms with Crippen molar-refractivity contribution in [1.82, 2.24) is 4.98 Å². The van der Waals surface area contributed by atoms with Gasteiger partial charge in [-0.25, -0.2) is 4.79 Å². The molecule has 2 N–H and O–H groups in total. The fraction of sp³-hybridized carbons (Fsp3) is 0.222. The number of oxazole rings is 1. The lowest BCUT2D eigenvalue weighted by atomic mass is 10.2. The maximum atomic E-state index is 10.8. The Balaban J connectivity index is 1.35. The quantitative estimate of drug-likeness (QED) is 0.613. The summed E-state index contributed by atoms with van der Waals surface area (Å²) < 4.78 is 11.2. The summed E-state index contributed by atoms with van der Waals surface area (Å²) in [7, 11) is 0. The molecule has 0 amide bonds. The first kappa shape index (κ1) is 15.9. The van der Waals surface area contributed by atoms with E-state index in [9.17, 15) is 4.79 Å². The number of nitrogens with one attached hydrogen (secondary N) is 1.